The van der Waals surface area contributed by atoms with E-state index in [2.05, 4.69) is 0 Å². The average Bonchev–Trinajstić information content (AvgIpc) is 2.78. The van der Waals surface area contributed by atoms with Crippen LogP contribution in [0.2, 0.25) is 0 Å². The van der Waals surface area contributed by atoms with Gasteiger partial charge in [0.1, 0.15) is 0 Å². The molecule has 0 saturated carbocycles. The number of benzene rings is 1. The zero-order valence-corrected chi connectivity index (χ0v) is 9.61. The van der Waals surface area contributed by atoms with Gasteiger partial charge in [0.05, 0.1) is 19.1 Å². The van der Waals surface area contributed by atoms with Gasteiger partial charge in [-0.05, 0) is 23.8 Å². The summed E-state index contributed by atoms with van der Waals surface area (Å²) in [6, 6.07) is 7.57. The fraction of sp³-hybridized carbons (Fsp3) is 0.333. The molecule has 1 fully saturated rings. The van der Waals surface area contributed by atoms with E-state index in [1.807, 2.05) is 36.4 Å². The lowest BCUT2D eigenvalue weighted by molar-refractivity contribution is -0.0959. The summed E-state index contributed by atoms with van der Waals surface area (Å²) >= 11 is 5.83. The molecular weight excluding hydrogens is 226 g/mol. The van der Waals surface area contributed by atoms with Crippen LogP contribution >= 0.6 is 11.6 Å². The summed E-state index contributed by atoms with van der Waals surface area (Å²) in [7, 11) is 0. The molecule has 0 aromatic heterocycles. The minimum absolute atomic E-state index is 0.290. The van der Waals surface area contributed by atoms with E-state index < -0.39 is 5.79 Å². The molecule has 1 aromatic carbocycles. The fourth-order valence-electron chi connectivity index (χ4n) is 1.52. The summed E-state index contributed by atoms with van der Waals surface area (Å²) in [6.45, 7) is 1.16. The van der Waals surface area contributed by atoms with Crippen LogP contribution in [0.3, 0.4) is 0 Å². The van der Waals surface area contributed by atoms with Crippen LogP contribution in [0.5, 0.6) is 0 Å². The quantitative estimate of drug-likeness (QED) is 0.650. The Morgan fingerprint density at radius 3 is 2.44 bits per heavy atom. The van der Waals surface area contributed by atoms with Gasteiger partial charge in [-0.25, -0.2) is 0 Å². The Bertz CT molecular complexity index is 369. The highest BCUT2D eigenvalue weighted by Gasteiger charge is 2.32. The Labute approximate surface area is 99.8 Å². The van der Waals surface area contributed by atoms with Crippen LogP contribution in [0, 0.1) is 0 Å². The number of nitrogens with two attached hydrogens (primary N) is 1. The molecule has 3 nitrogen and oxygen atoms in total. The number of rotatable bonds is 3. The summed E-state index contributed by atoms with van der Waals surface area (Å²) in [4.78, 5) is 0. The predicted octanol–water partition coefficient (Wildman–Crippen LogP) is 2.26. The number of nitrogen functional groups attached to an aromatic ring is 1. The van der Waals surface area contributed by atoms with Crippen LogP contribution in [0.25, 0.3) is 6.08 Å². The summed E-state index contributed by atoms with van der Waals surface area (Å²) in [5.41, 5.74) is 7.39. The van der Waals surface area contributed by atoms with Crippen molar-refractivity contribution in [2.75, 3.05) is 24.8 Å². The normalized spacial score (nSPS) is 19.3. The lowest BCUT2D eigenvalue weighted by Crippen LogP contribution is -2.29. The van der Waals surface area contributed by atoms with Crippen LogP contribution in [0.15, 0.2) is 30.3 Å². The number of anilines is 1. The van der Waals surface area contributed by atoms with E-state index in [1.54, 1.807) is 0 Å². The predicted molar refractivity (Wildman–Crippen MR) is 65.2 cm³/mol. The first-order valence-electron chi connectivity index (χ1n) is 5.13. The highest BCUT2D eigenvalue weighted by molar-refractivity contribution is 6.18. The SMILES string of the molecule is Nc1ccc(/C=C\C2(CCl)OCCO2)cc1. The number of ether oxygens (including phenoxy) is 2. The topological polar surface area (TPSA) is 44.5 Å². The van der Waals surface area contributed by atoms with Crippen molar-refractivity contribution in [3.8, 4) is 0 Å². The molecule has 0 unspecified atom stereocenters. The first-order valence-corrected chi connectivity index (χ1v) is 5.66. The molecule has 0 radical (unpaired) electrons. The van der Waals surface area contributed by atoms with Gasteiger partial charge in [-0.3, -0.25) is 0 Å². The average molecular weight is 240 g/mol. The van der Waals surface area contributed by atoms with Crippen molar-refractivity contribution in [1.29, 1.82) is 0 Å². The molecule has 2 N–H and O–H groups in total. The highest BCUT2D eigenvalue weighted by Crippen LogP contribution is 2.23. The summed E-state index contributed by atoms with van der Waals surface area (Å²) in [6.07, 6.45) is 3.77. The number of hydrogen-bond donors (Lipinski definition) is 1. The Hall–Kier alpha value is -1.03. The van der Waals surface area contributed by atoms with Gasteiger partial charge >= 0.3 is 0 Å². The molecule has 0 atom stereocenters. The lowest BCUT2D eigenvalue weighted by atomic mass is 10.1. The van der Waals surface area contributed by atoms with E-state index >= 15 is 0 Å². The number of alkyl halides is 1. The smallest absolute Gasteiger partial charge is 0.202 e. The Kier molecular flexibility index (Phi) is 3.49. The molecule has 1 saturated heterocycles. The van der Waals surface area contributed by atoms with Crippen LogP contribution in [-0.2, 0) is 9.47 Å². The van der Waals surface area contributed by atoms with Gasteiger partial charge in [0, 0.05) is 5.69 Å². The van der Waals surface area contributed by atoms with Gasteiger partial charge in [0.2, 0.25) is 5.79 Å². The van der Waals surface area contributed by atoms with Crippen LogP contribution in [0.1, 0.15) is 5.56 Å². The summed E-state index contributed by atoms with van der Waals surface area (Å²) in [5, 5.41) is 0. The maximum Gasteiger partial charge on any atom is 0.202 e. The van der Waals surface area contributed by atoms with Crippen molar-refractivity contribution in [3.63, 3.8) is 0 Å². The fourth-order valence-corrected chi connectivity index (χ4v) is 1.76. The Balaban J connectivity index is 2.10. The third-order valence-electron chi connectivity index (χ3n) is 2.43. The second-order valence-electron chi connectivity index (χ2n) is 3.64. The van der Waals surface area contributed by atoms with E-state index in [4.69, 9.17) is 26.8 Å². The molecule has 1 aliphatic heterocycles. The largest absolute Gasteiger partial charge is 0.399 e. The van der Waals surface area contributed by atoms with Crippen molar-refractivity contribution < 1.29 is 9.47 Å². The van der Waals surface area contributed by atoms with Gasteiger partial charge in [0.15, 0.2) is 0 Å². The van der Waals surface area contributed by atoms with Crippen molar-refractivity contribution >= 4 is 23.4 Å². The molecule has 1 aliphatic rings. The molecule has 1 aromatic rings. The maximum atomic E-state index is 5.83. The third-order valence-corrected chi connectivity index (χ3v) is 2.80. The lowest BCUT2D eigenvalue weighted by Gasteiger charge is -2.20. The van der Waals surface area contributed by atoms with E-state index in [0.29, 0.717) is 19.1 Å². The van der Waals surface area contributed by atoms with E-state index in [-0.39, 0.29) is 0 Å². The van der Waals surface area contributed by atoms with Gasteiger partial charge in [-0.15, -0.1) is 11.6 Å². The van der Waals surface area contributed by atoms with Crippen molar-refractivity contribution in [2.45, 2.75) is 5.79 Å². The zero-order chi connectivity index (χ0) is 11.4. The summed E-state index contributed by atoms with van der Waals surface area (Å²) in [5.74, 6) is -0.471. The van der Waals surface area contributed by atoms with Crippen LogP contribution < -0.4 is 5.73 Å². The van der Waals surface area contributed by atoms with Gasteiger partial charge < -0.3 is 15.2 Å². The van der Waals surface area contributed by atoms with Gasteiger partial charge in [-0.1, -0.05) is 18.2 Å². The molecule has 2 rings (SSSR count). The second kappa shape index (κ2) is 4.87. The zero-order valence-electron chi connectivity index (χ0n) is 8.86. The monoisotopic (exact) mass is 239 g/mol. The Morgan fingerprint density at radius 1 is 1.25 bits per heavy atom. The standard InChI is InChI=1S/C12H14ClNO2/c13-9-12(15-7-8-16-12)6-5-10-1-3-11(14)4-2-10/h1-6H,7-9,14H2/b6-5-. The van der Waals surface area contributed by atoms with Gasteiger partial charge in [0.25, 0.3) is 0 Å². The number of hydrogen-bond acceptors (Lipinski definition) is 3. The molecule has 0 bridgehead atoms. The molecule has 86 valence electrons. The Morgan fingerprint density at radius 2 is 1.88 bits per heavy atom. The van der Waals surface area contributed by atoms with Crippen molar-refractivity contribution in [3.05, 3.63) is 35.9 Å². The van der Waals surface area contributed by atoms with Crippen molar-refractivity contribution in [2.24, 2.45) is 0 Å². The maximum absolute atomic E-state index is 5.83. The highest BCUT2D eigenvalue weighted by atomic mass is 35.5. The third kappa shape index (κ3) is 2.55. The molecule has 0 aliphatic carbocycles. The first kappa shape index (κ1) is 11.5. The molecule has 1 heterocycles. The first-order chi connectivity index (χ1) is 7.74. The summed E-state index contributed by atoms with van der Waals surface area (Å²) < 4.78 is 10.9. The van der Waals surface area contributed by atoms with E-state index in [1.165, 1.54) is 0 Å². The van der Waals surface area contributed by atoms with E-state index in [0.717, 1.165) is 11.3 Å². The molecule has 4 heteroatoms. The minimum atomic E-state index is -0.761. The van der Waals surface area contributed by atoms with Crippen LogP contribution in [-0.4, -0.2) is 24.9 Å². The molecular formula is C12H14ClNO2. The number of halogens is 1. The minimum Gasteiger partial charge on any atom is -0.399 e. The van der Waals surface area contributed by atoms with E-state index in [9.17, 15) is 0 Å². The molecule has 0 spiro atoms. The molecule has 16 heavy (non-hydrogen) atoms. The van der Waals surface area contributed by atoms with Gasteiger partial charge in [-0.2, -0.15) is 0 Å². The van der Waals surface area contributed by atoms with Crippen LogP contribution in [0.4, 0.5) is 5.69 Å². The molecule has 0 amide bonds. The van der Waals surface area contributed by atoms with Crippen molar-refractivity contribution in [1.82, 2.24) is 0 Å². The second-order valence-corrected chi connectivity index (χ2v) is 3.91.